The lowest BCUT2D eigenvalue weighted by atomic mass is 9.83. The largest absolute Gasteiger partial charge is 0.330 e. The fourth-order valence-corrected chi connectivity index (χ4v) is 3.51. The Kier molecular flexibility index (Phi) is 4.22. The van der Waals surface area contributed by atoms with Gasteiger partial charge in [0.2, 0.25) is 0 Å². The summed E-state index contributed by atoms with van der Waals surface area (Å²) in [6.45, 7) is 3.37. The van der Waals surface area contributed by atoms with Gasteiger partial charge in [-0.1, -0.05) is 12.8 Å². The van der Waals surface area contributed by atoms with Crippen molar-refractivity contribution in [3.05, 3.63) is 0 Å². The molecule has 2 aliphatic rings. The van der Waals surface area contributed by atoms with E-state index in [1.54, 1.807) is 0 Å². The van der Waals surface area contributed by atoms with Crippen molar-refractivity contribution in [3.63, 3.8) is 0 Å². The molecule has 1 heterocycles. The number of likely N-dealkylation sites (tertiary alicyclic amines) is 1. The summed E-state index contributed by atoms with van der Waals surface area (Å²) in [5.41, 5.74) is 5.92. The summed E-state index contributed by atoms with van der Waals surface area (Å²) in [4.78, 5) is 5.08. The highest BCUT2D eigenvalue weighted by Crippen LogP contribution is 2.29. The lowest BCUT2D eigenvalue weighted by Crippen LogP contribution is -2.48. The van der Waals surface area contributed by atoms with Gasteiger partial charge in [0.15, 0.2) is 0 Å². The Morgan fingerprint density at radius 3 is 2.62 bits per heavy atom. The van der Waals surface area contributed by atoms with Crippen LogP contribution in [0.15, 0.2) is 0 Å². The van der Waals surface area contributed by atoms with Crippen LogP contribution in [-0.4, -0.2) is 55.6 Å². The number of hydrogen-bond acceptors (Lipinski definition) is 3. The second kappa shape index (κ2) is 5.48. The fourth-order valence-electron chi connectivity index (χ4n) is 3.51. The minimum absolute atomic E-state index is 0.740. The van der Waals surface area contributed by atoms with Crippen LogP contribution in [0, 0.1) is 5.92 Å². The van der Waals surface area contributed by atoms with Crippen molar-refractivity contribution in [2.75, 3.05) is 33.7 Å². The first-order valence-corrected chi connectivity index (χ1v) is 6.83. The molecule has 2 rings (SSSR count). The molecule has 1 aliphatic heterocycles. The first kappa shape index (κ1) is 12.3. The van der Waals surface area contributed by atoms with Crippen LogP contribution in [-0.2, 0) is 0 Å². The van der Waals surface area contributed by atoms with Crippen LogP contribution in [0.1, 0.15) is 32.1 Å². The van der Waals surface area contributed by atoms with Gasteiger partial charge in [-0.25, -0.2) is 0 Å². The summed E-state index contributed by atoms with van der Waals surface area (Å²) in [6.07, 6.45) is 6.82. The van der Waals surface area contributed by atoms with Crippen molar-refractivity contribution in [1.29, 1.82) is 0 Å². The second-order valence-electron chi connectivity index (χ2n) is 5.72. The van der Waals surface area contributed by atoms with E-state index in [-0.39, 0.29) is 0 Å². The highest BCUT2D eigenvalue weighted by atomic mass is 15.2. The van der Waals surface area contributed by atoms with Crippen molar-refractivity contribution in [2.24, 2.45) is 11.7 Å². The lowest BCUT2D eigenvalue weighted by Gasteiger charge is -2.40. The molecule has 16 heavy (non-hydrogen) atoms. The van der Waals surface area contributed by atoms with Crippen molar-refractivity contribution in [3.8, 4) is 0 Å². The molecule has 0 amide bonds. The number of likely N-dealkylation sites (N-methyl/N-ethyl adjacent to an activating group) is 2. The van der Waals surface area contributed by atoms with Gasteiger partial charge >= 0.3 is 0 Å². The molecule has 2 N–H and O–H groups in total. The van der Waals surface area contributed by atoms with Crippen molar-refractivity contribution < 1.29 is 0 Å². The van der Waals surface area contributed by atoms with E-state index in [1.165, 1.54) is 45.2 Å². The topological polar surface area (TPSA) is 32.5 Å². The van der Waals surface area contributed by atoms with E-state index >= 15 is 0 Å². The monoisotopic (exact) mass is 225 g/mol. The van der Waals surface area contributed by atoms with Crippen LogP contribution in [0.5, 0.6) is 0 Å². The zero-order chi connectivity index (χ0) is 11.5. The Morgan fingerprint density at radius 2 is 2.00 bits per heavy atom. The number of rotatable bonds is 3. The molecular weight excluding hydrogens is 198 g/mol. The molecule has 0 aromatic heterocycles. The minimum atomic E-state index is 0.740. The predicted molar refractivity (Wildman–Crippen MR) is 68.5 cm³/mol. The molecule has 3 atom stereocenters. The Bertz CT molecular complexity index is 219. The zero-order valence-electron chi connectivity index (χ0n) is 10.9. The highest BCUT2D eigenvalue weighted by molar-refractivity contribution is 4.89. The molecule has 0 bridgehead atoms. The second-order valence-corrected chi connectivity index (χ2v) is 5.72. The van der Waals surface area contributed by atoms with E-state index < -0.39 is 0 Å². The van der Waals surface area contributed by atoms with Crippen molar-refractivity contribution in [1.82, 2.24) is 9.80 Å². The molecule has 94 valence electrons. The number of nitrogens with two attached hydrogens (primary N) is 1. The van der Waals surface area contributed by atoms with E-state index in [1.807, 2.05) is 0 Å². The first-order valence-electron chi connectivity index (χ1n) is 6.83. The van der Waals surface area contributed by atoms with Crippen molar-refractivity contribution in [2.45, 2.75) is 44.2 Å². The Labute approximate surface area is 100.0 Å². The van der Waals surface area contributed by atoms with E-state index in [0.29, 0.717) is 0 Å². The van der Waals surface area contributed by atoms with Gasteiger partial charge in [0.25, 0.3) is 0 Å². The maximum absolute atomic E-state index is 5.92. The van der Waals surface area contributed by atoms with Gasteiger partial charge in [0.05, 0.1) is 0 Å². The summed E-state index contributed by atoms with van der Waals surface area (Å²) in [6, 6.07) is 1.51. The third kappa shape index (κ3) is 2.58. The average molecular weight is 225 g/mol. The Hall–Kier alpha value is -0.120. The molecule has 1 saturated carbocycles. The predicted octanol–water partition coefficient (Wildman–Crippen LogP) is 1.14. The minimum Gasteiger partial charge on any atom is -0.330 e. The van der Waals surface area contributed by atoms with Gasteiger partial charge in [-0.3, -0.25) is 4.90 Å². The van der Waals surface area contributed by atoms with E-state index in [4.69, 9.17) is 5.73 Å². The smallest absolute Gasteiger partial charge is 0.0235 e. The fraction of sp³-hybridized carbons (Fsp3) is 1.00. The van der Waals surface area contributed by atoms with Crippen molar-refractivity contribution >= 4 is 0 Å². The summed E-state index contributed by atoms with van der Waals surface area (Å²) >= 11 is 0. The molecule has 1 saturated heterocycles. The average Bonchev–Trinajstić information content (AvgIpc) is 2.75. The summed E-state index contributed by atoms with van der Waals surface area (Å²) in [5, 5.41) is 0. The first-order chi connectivity index (χ1) is 7.72. The van der Waals surface area contributed by atoms with Gasteiger partial charge in [-0.05, 0) is 52.4 Å². The maximum atomic E-state index is 5.92. The molecule has 1 aliphatic carbocycles. The molecule has 3 heteroatoms. The SMILES string of the molecule is CN1CCC(N(C)C2CCCCC2CN)C1. The number of nitrogens with zero attached hydrogens (tertiary/aromatic N) is 2. The summed E-state index contributed by atoms with van der Waals surface area (Å²) < 4.78 is 0. The van der Waals surface area contributed by atoms with Gasteiger partial charge in [0, 0.05) is 18.6 Å². The standard InChI is InChI=1S/C13H27N3/c1-15-8-7-12(10-15)16(2)13-6-4-3-5-11(13)9-14/h11-13H,3-10,14H2,1-2H3. The Morgan fingerprint density at radius 1 is 1.25 bits per heavy atom. The van der Waals surface area contributed by atoms with Gasteiger partial charge in [-0.15, -0.1) is 0 Å². The maximum Gasteiger partial charge on any atom is 0.0235 e. The molecule has 0 aromatic carbocycles. The molecule has 2 fully saturated rings. The molecule has 0 spiro atoms. The van der Waals surface area contributed by atoms with E-state index in [0.717, 1.165) is 24.5 Å². The molecule has 3 unspecified atom stereocenters. The van der Waals surface area contributed by atoms with E-state index in [2.05, 4.69) is 23.9 Å². The summed E-state index contributed by atoms with van der Waals surface area (Å²) in [7, 11) is 4.55. The van der Waals surface area contributed by atoms with Gasteiger partial charge in [-0.2, -0.15) is 0 Å². The third-order valence-electron chi connectivity index (χ3n) is 4.64. The van der Waals surface area contributed by atoms with Gasteiger partial charge < -0.3 is 10.6 Å². The van der Waals surface area contributed by atoms with Gasteiger partial charge in [0.1, 0.15) is 0 Å². The molecule has 0 radical (unpaired) electrons. The highest BCUT2D eigenvalue weighted by Gasteiger charge is 2.33. The zero-order valence-corrected chi connectivity index (χ0v) is 10.9. The summed E-state index contributed by atoms with van der Waals surface area (Å²) in [5.74, 6) is 0.740. The van der Waals surface area contributed by atoms with E-state index in [9.17, 15) is 0 Å². The van der Waals surface area contributed by atoms with Crippen LogP contribution in [0.3, 0.4) is 0 Å². The van der Waals surface area contributed by atoms with Crippen LogP contribution in [0.2, 0.25) is 0 Å². The lowest BCUT2D eigenvalue weighted by molar-refractivity contribution is 0.0953. The Balaban J connectivity index is 1.93. The quantitative estimate of drug-likeness (QED) is 0.782. The molecular formula is C13H27N3. The van der Waals surface area contributed by atoms with Crippen LogP contribution < -0.4 is 5.73 Å². The third-order valence-corrected chi connectivity index (χ3v) is 4.64. The van der Waals surface area contributed by atoms with Crippen LogP contribution in [0.25, 0.3) is 0 Å². The van der Waals surface area contributed by atoms with Crippen LogP contribution >= 0.6 is 0 Å². The van der Waals surface area contributed by atoms with Crippen LogP contribution in [0.4, 0.5) is 0 Å². The molecule has 0 aromatic rings. The normalized spacial score (nSPS) is 37.1. The number of hydrogen-bond donors (Lipinski definition) is 1. The molecule has 3 nitrogen and oxygen atoms in total.